The van der Waals surface area contributed by atoms with Crippen molar-refractivity contribution in [2.24, 2.45) is 12.8 Å². The fraction of sp³-hybridized carbons (Fsp3) is 0.727. The van der Waals surface area contributed by atoms with E-state index in [1.54, 1.807) is 18.0 Å². The van der Waals surface area contributed by atoms with Gasteiger partial charge in [-0.3, -0.25) is 4.68 Å². The lowest BCUT2D eigenvalue weighted by Gasteiger charge is -2.13. The molecule has 1 unspecified atom stereocenters. The minimum absolute atomic E-state index is 0.0979. The molecule has 0 fully saturated rings. The number of aromatic nitrogens is 2. The summed E-state index contributed by atoms with van der Waals surface area (Å²) < 4.78 is 12.4. The van der Waals surface area contributed by atoms with Gasteiger partial charge in [-0.25, -0.2) is 0 Å². The lowest BCUT2D eigenvalue weighted by Crippen LogP contribution is -2.17. The van der Waals surface area contributed by atoms with Crippen molar-refractivity contribution in [3.05, 3.63) is 11.9 Å². The van der Waals surface area contributed by atoms with Gasteiger partial charge >= 0.3 is 0 Å². The van der Waals surface area contributed by atoms with Crippen molar-refractivity contribution in [2.45, 2.75) is 25.8 Å². The van der Waals surface area contributed by atoms with Gasteiger partial charge in [0.25, 0.3) is 0 Å². The van der Waals surface area contributed by atoms with Crippen LogP contribution in [-0.4, -0.2) is 30.1 Å². The van der Waals surface area contributed by atoms with Crippen molar-refractivity contribution >= 4 is 0 Å². The second-order valence-corrected chi connectivity index (χ2v) is 3.73. The molecule has 0 aliphatic rings. The zero-order valence-corrected chi connectivity index (χ0v) is 10.3. The average molecular weight is 227 g/mol. The Labute approximate surface area is 96.5 Å². The van der Waals surface area contributed by atoms with Crippen molar-refractivity contribution < 1.29 is 9.47 Å². The minimum atomic E-state index is -0.0979. The highest BCUT2D eigenvalue weighted by molar-refractivity contribution is 5.27. The highest BCUT2D eigenvalue weighted by Gasteiger charge is 2.16. The number of nitrogens with two attached hydrogens (primary N) is 1. The van der Waals surface area contributed by atoms with Crippen molar-refractivity contribution in [1.82, 2.24) is 9.78 Å². The smallest absolute Gasteiger partial charge is 0.161 e. The molecule has 0 spiro atoms. The Morgan fingerprint density at radius 3 is 2.88 bits per heavy atom. The van der Waals surface area contributed by atoms with Gasteiger partial charge in [-0.05, 0) is 12.8 Å². The minimum Gasteiger partial charge on any atom is -0.493 e. The Morgan fingerprint density at radius 1 is 1.50 bits per heavy atom. The van der Waals surface area contributed by atoms with Gasteiger partial charge in [0.15, 0.2) is 5.75 Å². The van der Waals surface area contributed by atoms with Crippen LogP contribution in [0.4, 0.5) is 0 Å². The number of ether oxygens (including phenoxy) is 2. The third kappa shape index (κ3) is 3.21. The number of rotatable bonds is 7. The summed E-state index contributed by atoms with van der Waals surface area (Å²) in [6, 6.07) is -0.0979. The van der Waals surface area contributed by atoms with Crippen LogP contribution in [0.25, 0.3) is 0 Å². The molecular formula is C11H21N3O2. The molecule has 2 N–H and O–H groups in total. The van der Waals surface area contributed by atoms with Crippen LogP contribution in [0.1, 0.15) is 31.5 Å². The van der Waals surface area contributed by atoms with Crippen LogP contribution in [0.5, 0.6) is 5.75 Å². The lowest BCUT2D eigenvalue weighted by molar-refractivity contribution is 0.127. The molecule has 0 aromatic carbocycles. The Kier molecular flexibility index (Phi) is 5.28. The van der Waals surface area contributed by atoms with E-state index < -0.39 is 0 Å². The molecule has 5 heteroatoms. The highest BCUT2D eigenvalue weighted by atomic mass is 16.5. The molecule has 0 saturated carbocycles. The third-order valence-corrected chi connectivity index (χ3v) is 2.44. The van der Waals surface area contributed by atoms with Crippen molar-refractivity contribution in [1.29, 1.82) is 0 Å². The van der Waals surface area contributed by atoms with Gasteiger partial charge in [0.1, 0.15) is 0 Å². The second kappa shape index (κ2) is 6.50. The van der Waals surface area contributed by atoms with Gasteiger partial charge in [-0.15, -0.1) is 0 Å². The van der Waals surface area contributed by atoms with Crippen LogP contribution in [0.2, 0.25) is 0 Å². The van der Waals surface area contributed by atoms with E-state index in [1.165, 1.54) is 0 Å². The van der Waals surface area contributed by atoms with Crippen LogP contribution in [0.15, 0.2) is 6.20 Å². The standard InChI is InChI=1S/C11H21N3O2/c1-4-6-16-7-5-9(12)11-10(15-3)8-13-14(11)2/h8-9H,4-7,12H2,1-3H3. The van der Waals surface area contributed by atoms with E-state index in [9.17, 15) is 0 Å². The number of aryl methyl sites for hydroxylation is 1. The van der Waals surface area contributed by atoms with Gasteiger partial charge in [-0.2, -0.15) is 5.10 Å². The maximum atomic E-state index is 6.08. The molecule has 0 amide bonds. The summed E-state index contributed by atoms with van der Waals surface area (Å²) in [5.41, 5.74) is 7.00. The topological polar surface area (TPSA) is 62.3 Å². The number of hydrogen-bond acceptors (Lipinski definition) is 4. The van der Waals surface area contributed by atoms with E-state index in [4.69, 9.17) is 15.2 Å². The fourth-order valence-electron chi connectivity index (χ4n) is 1.60. The summed E-state index contributed by atoms with van der Waals surface area (Å²) in [4.78, 5) is 0. The molecule has 1 heterocycles. The molecule has 1 atom stereocenters. The first-order chi connectivity index (χ1) is 7.70. The van der Waals surface area contributed by atoms with Gasteiger partial charge in [-0.1, -0.05) is 6.92 Å². The molecule has 92 valence electrons. The SMILES string of the molecule is CCCOCCC(N)c1c(OC)cnn1C. The zero-order chi connectivity index (χ0) is 12.0. The van der Waals surface area contributed by atoms with Crippen LogP contribution in [-0.2, 0) is 11.8 Å². The second-order valence-electron chi connectivity index (χ2n) is 3.73. The molecule has 16 heavy (non-hydrogen) atoms. The van der Waals surface area contributed by atoms with E-state index in [0.717, 1.165) is 30.9 Å². The predicted molar refractivity (Wildman–Crippen MR) is 62.4 cm³/mol. The van der Waals surface area contributed by atoms with Gasteiger partial charge in [0.05, 0.1) is 25.0 Å². The maximum absolute atomic E-state index is 6.08. The number of nitrogens with zero attached hydrogens (tertiary/aromatic N) is 2. The summed E-state index contributed by atoms with van der Waals surface area (Å²) in [5, 5.41) is 4.12. The normalized spacial score (nSPS) is 12.8. The molecule has 1 rings (SSSR count). The summed E-state index contributed by atoms with van der Waals surface area (Å²) in [5.74, 6) is 0.741. The van der Waals surface area contributed by atoms with Gasteiger partial charge in [0.2, 0.25) is 0 Å². The van der Waals surface area contributed by atoms with Crippen molar-refractivity contribution in [3.63, 3.8) is 0 Å². The third-order valence-electron chi connectivity index (χ3n) is 2.44. The van der Waals surface area contributed by atoms with Crippen LogP contribution in [0.3, 0.4) is 0 Å². The quantitative estimate of drug-likeness (QED) is 0.712. The molecule has 0 bridgehead atoms. The summed E-state index contributed by atoms with van der Waals surface area (Å²) >= 11 is 0. The molecule has 5 nitrogen and oxygen atoms in total. The fourth-order valence-corrected chi connectivity index (χ4v) is 1.60. The molecule has 0 aliphatic heterocycles. The molecule has 0 radical (unpaired) electrons. The van der Waals surface area contributed by atoms with Gasteiger partial charge < -0.3 is 15.2 Å². The summed E-state index contributed by atoms with van der Waals surface area (Å²) in [6.07, 6.45) is 3.49. The number of hydrogen-bond donors (Lipinski definition) is 1. The zero-order valence-electron chi connectivity index (χ0n) is 10.3. The molecular weight excluding hydrogens is 206 g/mol. The predicted octanol–water partition coefficient (Wildman–Crippen LogP) is 1.25. The summed E-state index contributed by atoms with van der Waals surface area (Å²) in [7, 11) is 3.49. The Bertz CT molecular complexity index is 312. The van der Waals surface area contributed by atoms with Crippen molar-refractivity contribution in [2.75, 3.05) is 20.3 Å². The number of methoxy groups -OCH3 is 1. The highest BCUT2D eigenvalue weighted by Crippen LogP contribution is 2.24. The Hall–Kier alpha value is -1.07. The first kappa shape index (κ1) is 13.0. The lowest BCUT2D eigenvalue weighted by atomic mass is 10.1. The molecule has 1 aromatic rings. The van der Waals surface area contributed by atoms with Gasteiger partial charge in [0, 0.05) is 20.3 Å². The van der Waals surface area contributed by atoms with E-state index in [1.807, 2.05) is 7.05 Å². The summed E-state index contributed by atoms with van der Waals surface area (Å²) in [6.45, 7) is 3.54. The van der Waals surface area contributed by atoms with Crippen LogP contribution >= 0.6 is 0 Å². The van der Waals surface area contributed by atoms with E-state index in [2.05, 4.69) is 12.0 Å². The molecule has 0 saturated heterocycles. The van der Waals surface area contributed by atoms with E-state index in [-0.39, 0.29) is 6.04 Å². The average Bonchev–Trinajstić information content (AvgIpc) is 2.65. The molecule has 1 aromatic heterocycles. The Balaban J connectivity index is 2.51. The maximum Gasteiger partial charge on any atom is 0.161 e. The largest absolute Gasteiger partial charge is 0.493 e. The van der Waals surface area contributed by atoms with E-state index in [0.29, 0.717) is 6.61 Å². The molecule has 0 aliphatic carbocycles. The monoisotopic (exact) mass is 227 g/mol. The van der Waals surface area contributed by atoms with Crippen LogP contribution < -0.4 is 10.5 Å². The van der Waals surface area contributed by atoms with Crippen LogP contribution in [0, 0.1) is 0 Å². The first-order valence-electron chi connectivity index (χ1n) is 5.59. The first-order valence-corrected chi connectivity index (χ1v) is 5.59. The van der Waals surface area contributed by atoms with E-state index >= 15 is 0 Å². The van der Waals surface area contributed by atoms with Crippen molar-refractivity contribution in [3.8, 4) is 5.75 Å². The Morgan fingerprint density at radius 2 is 2.25 bits per heavy atom.